The van der Waals surface area contributed by atoms with Gasteiger partial charge >= 0.3 is 5.97 Å². The second-order valence-corrected chi connectivity index (χ2v) is 7.88. The number of carbonyl (C=O) groups excluding carboxylic acids is 2. The van der Waals surface area contributed by atoms with Crippen LogP contribution in [0.5, 0.6) is 0 Å². The minimum Gasteiger partial charge on any atom is -0.465 e. The summed E-state index contributed by atoms with van der Waals surface area (Å²) in [5, 5.41) is 4.00. The highest BCUT2D eigenvalue weighted by Gasteiger charge is 2.18. The van der Waals surface area contributed by atoms with Crippen LogP contribution in [0.3, 0.4) is 0 Å². The van der Waals surface area contributed by atoms with Gasteiger partial charge in [-0.2, -0.15) is 0 Å². The Balaban J connectivity index is 1.40. The summed E-state index contributed by atoms with van der Waals surface area (Å²) in [6.07, 6.45) is 0. The molecule has 7 heteroatoms. The van der Waals surface area contributed by atoms with E-state index in [1.807, 2.05) is 65.2 Å². The van der Waals surface area contributed by atoms with Gasteiger partial charge in [-0.1, -0.05) is 48.5 Å². The highest BCUT2D eigenvalue weighted by Crippen LogP contribution is 2.19. The first-order valence-electron chi connectivity index (χ1n) is 10.9. The lowest BCUT2D eigenvalue weighted by atomic mass is 10.1. The molecule has 2 aromatic heterocycles. The minimum atomic E-state index is -0.397. The van der Waals surface area contributed by atoms with Gasteiger partial charge in [0.2, 0.25) is 0 Å². The fourth-order valence-electron chi connectivity index (χ4n) is 3.91. The molecule has 3 aromatic carbocycles. The summed E-state index contributed by atoms with van der Waals surface area (Å²) in [4.78, 5) is 34.1. The molecule has 5 rings (SSSR count). The van der Waals surface area contributed by atoms with Gasteiger partial charge in [0, 0.05) is 11.9 Å². The predicted molar refractivity (Wildman–Crippen MR) is 130 cm³/mol. The van der Waals surface area contributed by atoms with Crippen molar-refractivity contribution in [3.63, 3.8) is 0 Å². The summed E-state index contributed by atoms with van der Waals surface area (Å²) < 4.78 is 6.61. The Kier molecular flexibility index (Phi) is 5.74. The number of pyridine rings is 1. The van der Waals surface area contributed by atoms with Gasteiger partial charge in [0.25, 0.3) is 5.91 Å². The van der Waals surface area contributed by atoms with Crippen LogP contribution in [0.4, 0.5) is 0 Å². The first-order chi connectivity index (χ1) is 16.6. The lowest BCUT2D eigenvalue weighted by molar-refractivity contribution is 0.0600. The van der Waals surface area contributed by atoms with E-state index in [2.05, 4.69) is 10.3 Å². The van der Waals surface area contributed by atoms with Gasteiger partial charge in [0.1, 0.15) is 0 Å². The summed E-state index contributed by atoms with van der Waals surface area (Å²) in [6.45, 7) is 0.722. The quantitative estimate of drug-likeness (QED) is 0.389. The maximum Gasteiger partial charge on any atom is 0.337 e. The number of aromatic nitrogens is 3. The van der Waals surface area contributed by atoms with Crippen LogP contribution in [-0.4, -0.2) is 33.5 Å². The zero-order chi connectivity index (χ0) is 23.5. The molecule has 0 bridgehead atoms. The van der Waals surface area contributed by atoms with Crippen molar-refractivity contribution in [2.45, 2.75) is 13.1 Å². The minimum absolute atomic E-state index is 0.283. The summed E-state index contributed by atoms with van der Waals surface area (Å²) in [5.41, 5.74) is 4.68. The number of ether oxygens (including phenoxy) is 1. The van der Waals surface area contributed by atoms with Crippen LogP contribution in [0.15, 0.2) is 84.9 Å². The second kappa shape index (κ2) is 9.15. The van der Waals surface area contributed by atoms with E-state index in [9.17, 15) is 9.59 Å². The predicted octanol–water partition coefficient (Wildman–Crippen LogP) is 4.35. The topological polar surface area (TPSA) is 86.1 Å². The molecule has 5 aromatic rings. The van der Waals surface area contributed by atoms with Crippen molar-refractivity contribution in [2.24, 2.45) is 0 Å². The number of hydrogen-bond donors (Lipinski definition) is 1. The van der Waals surface area contributed by atoms with Crippen molar-refractivity contribution in [2.75, 3.05) is 7.11 Å². The number of imidazole rings is 1. The average molecular weight is 450 g/mol. The van der Waals surface area contributed by atoms with Crippen molar-refractivity contribution in [3.8, 4) is 0 Å². The lowest BCUT2D eigenvalue weighted by Crippen LogP contribution is -2.26. The number of amides is 1. The highest BCUT2D eigenvalue weighted by atomic mass is 16.5. The van der Waals surface area contributed by atoms with Gasteiger partial charge < -0.3 is 14.6 Å². The Morgan fingerprint density at radius 3 is 2.38 bits per heavy atom. The van der Waals surface area contributed by atoms with Crippen molar-refractivity contribution < 1.29 is 14.3 Å². The Hall–Kier alpha value is -4.52. The van der Waals surface area contributed by atoms with E-state index in [4.69, 9.17) is 9.72 Å². The van der Waals surface area contributed by atoms with Crippen LogP contribution in [-0.2, 0) is 17.8 Å². The molecule has 0 aliphatic rings. The first-order valence-corrected chi connectivity index (χ1v) is 10.9. The SMILES string of the molecule is COC(=O)c1ccc(CNC(=O)c2nc3ccccc3n2Cc2ccc3ccccc3n2)cc1. The molecule has 2 heterocycles. The van der Waals surface area contributed by atoms with E-state index in [1.54, 1.807) is 24.3 Å². The molecule has 0 atom stereocenters. The van der Waals surface area contributed by atoms with Crippen LogP contribution in [0, 0.1) is 0 Å². The molecule has 0 unspecified atom stereocenters. The number of hydrogen-bond acceptors (Lipinski definition) is 5. The molecule has 34 heavy (non-hydrogen) atoms. The Bertz CT molecular complexity index is 1510. The number of rotatable bonds is 6. The number of fused-ring (bicyclic) bond motifs is 2. The van der Waals surface area contributed by atoms with E-state index in [0.29, 0.717) is 24.5 Å². The maximum atomic E-state index is 13.1. The summed E-state index contributed by atoms with van der Waals surface area (Å²) in [7, 11) is 1.34. The normalized spacial score (nSPS) is 11.0. The smallest absolute Gasteiger partial charge is 0.337 e. The van der Waals surface area contributed by atoms with E-state index >= 15 is 0 Å². The number of methoxy groups -OCH3 is 1. The average Bonchev–Trinajstić information content (AvgIpc) is 3.25. The molecule has 0 fully saturated rings. The molecular weight excluding hydrogens is 428 g/mol. The zero-order valence-electron chi connectivity index (χ0n) is 18.6. The Morgan fingerprint density at radius 1 is 0.853 bits per heavy atom. The van der Waals surface area contributed by atoms with E-state index < -0.39 is 5.97 Å². The van der Waals surface area contributed by atoms with Crippen molar-refractivity contribution in [1.82, 2.24) is 19.9 Å². The molecule has 0 saturated carbocycles. The Morgan fingerprint density at radius 2 is 1.59 bits per heavy atom. The summed E-state index contributed by atoms with van der Waals surface area (Å²) in [5.74, 6) is -0.358. The number of esters is 1. The summed E-state index contributed by atoms with van der Waals surface area (Å²) >= 11 is 0. The van der Waals surface area contributed by atoms with Gasteiger partial charge in [0.15, 0.2) is 5.82 Å². The molecule has 0 radical (unpaired) electrons. The zero-order valence-corrected chi connectivity index (χ0v) is 18.6. The number of benzene rings is 3. The number of carbonyl (C=O) groups is 2. The molecule has 1 N–H and O–H groups in total. The fourth-order valence-corrected chi connectivity index (χ4v) is 3.91. The second-order valence-electron chi connectivity index (χ2n) is 7.88. The van der Waals surface area contributed by atoms with E-state index in [-0.39, 0.29) is 5.91 Å². The molecule has 0 aliphatic carbocycles. The van der Waals surface area contributed by atoms with Crippen molar-refractivity contribution in [3.05, 3.63) is 108 Å². The number of nitrogens with zero attached hydrogens (tertiary/aromatic N) is 3. The summed E-state index contributed by atoms with van der Waals surface area (Å²) in [6, 6.07) is 26.5. The maximum absolute atomic E-state index is 13.1. The van der Waals surface area contributed by atoms with Crippen LogP contribution in [0.2, 0.25) is 0 Å². The molecule has 168 valence electrons. The lowest BCUT2D eigenvalue weighted by Gasteiger charge is -2.10. The van der Waals surface area contributed by atoms with Crippen LogP contribution < -0.4 is 5.32 Å². The third kappa shape index (κ3) is 4.23. The van der Waals surface area contributed by atoms with Gasteiger partial charge in [0.05, 0.1) is 41.5 Å². The number of para-hydroxylation sites is 3. The first kappa shape index (κ1) is 21.3. The van der Waals surface area contributed by atoms with E-state index in [1.165, 1.54) is 7.11 Å². The van der Waals surface area contributed by atoms with Gasteiger partial charge in [-0.3, -0.25) is 9.78 Å². The third-order valence-electron chi connectivity index (χ3n) is 5.66. The molecule has 1 amide bonds. The largest absolute Gasteiger partial charge is 0.465 e. The molecule has 0 aliphatic heterocycles. The highest BCUT2D eigenvalue weighted by molar-refractivity contribution is 5.95. The van der Waals surface area contributed by atoms with Crippen LogP contribution in [0.1, 0.15) is 32.2 Å². The monoisotopic (exact) mass is 450 g/mol. The van der Waals surface area contributed by atoms with Crippen LogP contribution >= 0.6 is 0 Å². The Labute approximate surface area is 196 Å². The molecular formula is C27H22N4O3. The van der Waals surface area contributed by atoms with Crippen LogP contribution in [0.25, 0.3) is 21.9 Å². The molecule has 0 spiro atoms. The molecule has 0 saturated heterocycles. The van der Waals surface area contributed by atoms with E-state index in [0.717, 1.165) is 33.2 Å². The standard InChI is InChI=1S/C27H22N4O3/c1-34-27(33)20-12-10-18(11-13-20)16-28-26(32)25-30-23-8-4-5-9-24(23)31(25)17-21-15-14-19-6-2-3-7-22(19)29-21/h2-15H,16-17H2,1H3,(H,28,32). The van der Waals surface area contributed by atoms with Gasteiger partial charge in [-0.05, 0) is 42.0 Å². The fraction of sp³-hybridized carbons (Fsp3) is 0.111. The van der Waals surface area contributed by atoms with Gasteiger partial charge in [-0.25, -0.2) is 9.78 Å². The number of nitrogens with one attached hydrogen (secondary N) is 1. The molecule has 7 nitrogen and oxygen atoms in total. The van der Waals surface area contributed by atoms with Crippen molar-refractivity contribution in [1.29, 1.82) is 0 Å². The van der Waals surface area contributed by atoms with Crippen molar-refractivity contribution >= 4 is 33.8 Å². The van der Waals surface area contributed by atoms with Gasteiger partial charge in [-0.15, -0.1) is 0 Å². The third-order valence-corrected chi connectivity index (χ3v) is 5.66.